The topological polar surface area (TPSA) is 84.9 Å². The molecule has 7 heteroatoms. The van der Waals surface area contributed by atoms with Crippen LogP contribution in [0.3, 0.4) is 0 Å². The Kier molecular flexibility index (Phi) is 10.7. The van der Waals surface area contributed by atoms with Crippen LogP contribution in [-0.4, -0.2) is 53.5 Å². The van der Waals surface area contributed by atoms with E-state index in [1.807, 2.05) is 6.92 Å². The lowest BCUT2D eigenvalue weighted by Crippen LogP contribution is -2.45. The number of rotatable bonds is 10. The van der Waals surface area contributed by atoms with Crippen molar-refractivity contribution in [2.75, 3.05) is 24.7 Å². The third kappa shape index (κ3) is 11.0. The van der Waals surface area contributed by atoms with Gasteiger partial charge in [-0.1, -0.05) is 26.0 Å². The number of esters is 1. The number of aliphatic hydroxyl groups excluding tert-OH is 1. The molecule has 0 aliphatic rings. The van der Waals surface area contributed by atoms with Crippen LogP contribution >= 0.6 is 11.8 Å². The van der Waals surface area contributed by atoms with Crippen LogP contribution in [-0.2, 0) is 14.3 Å². The summed E-state index contributed by atoms with van der Waals surface area (Å²) in [6.45, 7) is 10.9. The van der Waals surface area contributed by atoms with Crippen molar-refractivity contribution in [3.05, 3.63) is 12.7 Å². The second-order valence-corrected chi connectivity index (χ2v) is 7.19. The zero-order valence-corrected chi connectivity index (χ0v) is 15.3. The van der Waals surface area contributed by atoms with Gasteiger partial charge in [0.15, 0.2) is 0 Å². The molecular weight excluding hydrogens is 318 g/mol. The minimum Gasteiger partial charge on any atom is -0.460 e. The quantitative estimate of drug-likeness (QED) is 0.466. The minimum atomic E-state index is -0.800. The fourth-order valence-electron chi connectivity index (χ4n) is 1.51. The van der Waals surface area contributed by atoms with E-state index in [9.17, 15) is 14.7 Å². The fraction of sp³-hybridized carbons (Fsp3) is 0.750. The van der Waals surface area contributed by atoms with E-state index in [-0.39, 0.29) is 19.1 Å². The van der Waals surface area contributed by atoms with Gasteiger partial charge < -0.3 is 19.9 Å². The summed E-state index contributed by atoms with van der Waals surface area (Å²) < 4.78 is 10.2. The predicted octanol–water partition coefficient (Wildman–Crippen LogP) is 2.36. The first-order chi connectivity index (χ1) is 10.7. The van der Waals surface area contributed by atoms with Crippen molar-refractivity contribution in [1.82, 2.24) is 5.32 Å². The highest BCUT2D eigenvalue weighted by Crippen LogP contribution is 2.14. The maximum Gasteiger partial charge on any atom is 0.408 e. The van der Waals surface area contributed by atoms with Gasteiger partial charge in [-0.05, 0) is 32.4 Å². The van der Waals surface area contributed by atoms with E-state index in [1.165, 1.54) is 17.8 Å². The van der Waals surface area contributed by atoms with E-state index in [2.05, 4.69) is 11.9 Å². The Balaban J connectivity index is 4.58. The van der Waals surface area contributed by atoms with Gasteiger partial charge in [-0.3, -0.25) is 0 Å². The van der Waals surface area contributed by atoms with Crippen LogP contribution in [0.1, 0.15) is 34.1 Å². The Bertz CT molecular complexity index is 377. The molecule has 0 aromatic carbocycles. The molecule has 0 saturated carbocycles. The van der Waals surface area contributed by atoms with Crippen molar-refractivity contribution in [1.29, 1.82) is 0 Å². The first kappa shape index (κ1) is 21.8. The molecule has 0 spiro atoms. The zero-order valence-electron chi connectivity index (χ0n) is 14.5. The van der Waals surface area contributed by atoms with Crippen molar-refractivity contribution < 1.29 is 24.2 Å². The molecule has 0 aromatic heterocycles. The molecule has 0 saturated heterocycles. The molecule has 0 aliphatic carbocycles. The van der Waals surface area contributed by atoms with Crippen molar-refractivity contribution >= 4 is 23.8 Å². The van der Waals surface area contributed by atoms with Crippen molar-refractivity contribution in [2.45, 2.75) is 45.8 Å². The van der Waals surface area contributed by atoms with Gasteiger partial charge in [0.25, 0.3) is 0 Å². The average molecular weight is 347 g/mol. The third-order valence-electron chi connectivity index (χ3n) is 2.79. The van der Waals surface area contributed by atoms with E-state index in [0.717, 1.165) is 6.42 Å². The number of alkyl carbamates (subject to hydrolysis) is 1. The normalized spacial score (nSPS) is 13.8. The highest BCUT2D eigenvalue weighted by Gasteiger charge is 2.25. The van der Waals surface area contributed by atoms with Gasteiger partial charge in [-0.25, -0.2) is 9.59 Å². The Labute approximate surface area is 143 Å². The van der Waals surface area contributed by atoms with Gasteiger partial charge in [-0.2, -0.15) is 11.8 Å². The van der Waals surface area contributed by atoms with Crippen LogP contribution < -0.4 is 5.32 Å². The van der Waals surface area contributed by atoms with E-state index in [1.54, 1.807) is 20.8 Å². The van der Waals surface area contributed by atoms with Crippen molar-refractivity contribution in [2.24, 2.45) is 5.92 Å². The zero-order chi connectivity index (χ0) is 17.9. The van der Waals surface area contributed by atoms with E-state index in [0.29, 0.717) is 11.5 Å². The summed E-state index contributed by atoms with van der Waals surface area (Å²) in [5.74, 6) is 0.701. The molecule has 1 amide bonds. The summed E-state index contributed by atoms with van der Waals surface area (Å²) in [5, 5.41) is 11.7. The summed E-state index contributed by atoms with van der Waals surface area (Å²) in [6, 6.07) is -0.800. The molecule has 23 heavy (non-hydrogen) atoms. The minimum absolute atomic E-state index is 0.0875. The lowest BCUT2D eigenvalue weighted by Gasteiger charge is -2.23. The van der Waals surface area contributed by atoms with Crippen LogP contribution in [0.2, 0.25) is 0 Å². The summed E-state index contributed by atoms with van der Waals surface area (Å²) in [7, 11) is 0. The molecule has 134 valence electrons. The fourth-order valence-corrected chi connectivity index (χ4v) is 2.78. The predicted molar refractivity (Wildman–Crippen MR) is 92.5 cm³/mol. The molecule has 2 atom stereocenters. The first-order valence-electron chi connectivity index (χ1n) is 7.69. The molecule has 6 nitrogen and oxygen atoms in total. The highest BCUT2D eigenvalue weighted by atomic mass is 32.2. The standard InChI is InChI=1S/C16H29NO5S/c1-6-8-21-14(19)13(11-23-10-12(7-2)9-18)17-15(20)22-16(3,4)5/h6,12-13,18H,1,7-11H2,2-5H3,(H,17,20)/t12?,13-/m0/s1. The lowest BCUT2D eigenvalue weighted by atomic mass is 10.1. The SMILES string of the molecule is C=CCOC(=O)[C@H](CSCC(CC)CO)NC(=O)OC(C)(C)C. The molecule has 0 aliphatic heterocycles. The molecule has 0 rings (SSSR count). The maximum atomic E-state index is 12.0. The van der Waals surface area contributed by atoms with Crippen molar-refractivity contribution in [3.8, 4) is 0 Å². The number of carbonyl (C=O) groups is 2. The maximum absolute atomic E-state index is 12.0. The monoisotopic (exact) mass is 347 g/mol. The summed E-state index contributed by atoms with van der Waals surface area (Å²) in [4.78, 5) is 23.9. The number of ether oxygens (including phenoxy) is 2. The van der Waals surface area contributed by atoms with Crippen LogP contribution in [0.5, 0.6) is 0 Å². The van der Waals surface area contributed by atoms with Crippen molar-refractivity contribution in [3.63, 3.8) is 0 Å². The number of carbonyl (C=O) groups excluding carboxylic acids is 2. The Morgan fingerprint density at radius 2 is 2.00 bits per heavy atom. The molecule has 0 heterocycles. The molecular formula is C16H29NO5S. The number of hydrogen-bond acceptors (Lipinski definition) is 6. The van der Waals surface area contributed by atoms with Crippen LogP contribution in [0.25, 0.3) is 0 Å². The van der Waals surface area contributed by atoms with E-state index < -0.39 is 23.7 Å². The lowest BCUT2D eigenvalue weighted by molar-refractivity contribution is -0.144. The molecule has 0 fully saturated rings. The second-order valence-electron chi connectivity index (χ2n) is 6.11. The summed E-state index contributed by atoms with van der Waals surface area (Å²) in [5.41, 5.74) is -0.642. The first-order valence-corrected chi connectivity index (χ1v) is 8.84. The molecule has 1 unspecified atom stereocenters. The van der Waals surface area contributed by atoms with Crippen LogP contribution in [0.4, 0.5) is 4.79 Å². The Morgan fingerprint density at radius 1 is 1.35 bits per heavy atom. The molecule has 0 aromatic rings. The van der Waals surface area contributed by atoms with Gasteiger partial charge in [-0.15, -0.1) is 0 Å². The highest BCUT2D eigenvalue weighted by molar-refractivity contribution is 7.99. The van der Waals surface area contributed by atoms with Crippen LogP contribution in [0.15, 0.2) is 12.7 Å². The van der Waals surface area contributed by atoms with E-state index in [4.69, 9.17) is 9.47 Å². The number of thioether (sulfide) groups is 1. The number of nitrogens with one attached hydrogen (secondary N) is 1. The van der Waals surface area contributed by atoms with Gasteiger partial charge in [0.2, 0.25) is 0 Å². The molecule has 2 N–H and O–H groups in total. The van der Waals surface area contributed by atoms with Gasteiger partial charge in [0.1, 0.15) is 18.2 Å². The van der Waals surface area contributed by atoms with Gasteiger partial charge in [0.05, 0.1) is 0 Å². The molecule has 0 bridgehead atoms. The number of hydrogen-bond donors (Lipinski definition) is 2. The van der Waals surface area contributed by atoms with Gasteiger partial charge in [0, 0.05) is 12.4 Å². The second kappa shape index (κ2) is 11.3. The largest absolute Gasteiger partial charge is 0.460 e. The number of amides is 1. The smallest absolute Gasteiger partial charge is 0.408 e. The summed E-state index contributed by atoms with van der Waals surface area (Å²) >= 11 is 1.48. The summed E-state index contributed by atoms with van der Waals surface area (Å²) in [6.07, 6.45) is 1.66. The van der Waals surface area contributed by atoms with Gasteiger partial charge >= 0.3 is 12.1 Å². The molecule has 0 radical (unpaired) electrons. The van der Waals surface area contributed by atoms with E-state index >= 15 is 0 Å². The third-order valence-corrected chi connectivity index (χ3v) is 4.07. The Hall–Kier alpha value is -1.21. The number of aliphatic hydroxyl groups is 1. The Morgan fingerprint density at radius 3 is 2.48 bits per heavy atom. The van der Waals surface area contributed by atoms with Crippen LogP contribution in [0, 0.1) is 5.92 Å². The average Bonchev–Trinajstić information content (AvgIpc) is 2.46.